The molecule has 0 unspecified atom stereocenters. The van der Waals surface area contributed by atoms with Gasteiger partial charge in [-0.1, -0.05) is 24.3 Å². The number of rotatable bonds is 5. The van der Waals surface area contributed by atoms with E-state index in [1.807, 2.05) is 0 Å². The van der Waals surface area contributed by atoms with Crippen LogP contribution in [0.4, 0.5) is 44.7 Å². The van der Waals surface area contributed by atoms with Gasteiger partial charge in [0.1, 0.15) is 22.8 Å². The van der Waals surface area contributed by atoms with Gasteiger partial charge < -0.3 is 19.3 Å². The molecule has 0 bridgehead atoms. The zero-order valence-electron chi connectivity index (χ0n) is 27.6. The quantitative estimate of drug-likeness (QED) is 0.293. The van der Waals surface area contributed by atoms with Gasteiger partial charge in [-0.25, -0.2) is 18.4 Å². The SMILES string of the molecule is CC(C)(C)OC(=O)N1CC(/C=C/c2c(F)cccc2C(F)(F)F)C1.CC(C)(C)OC(=O)N1CC(CCc2c(F)cccc2C(F)(F)F)C1. The molecule has 266 valence electrons. The topological polar surface area (TPSA) is 59.1 Å². The summed E-state index contributed by atoms with van der Waals surface area (Å²) in [5.41, 5.74) is -3.92. The van der Waals surface area contributed by atoms with Crippen LogP contribution >= 0.6 is 0 Å². The van der Waals surface area contributed by atoms with Gasteiger partial charge in [0, 0.05) is 43.2 Å². The highest BCUT2D eigenvalue weighted by molar-refractivity contribution is 5.70. The van der Waals surface area contributed by atoms with Crippen molar-refractivity contribution in [2.24, 2.45) is 11.8 Å². The van der Waals surface area contributed by atoms with Crippen molar-refractivity contribution in [2.45, 2.75) is 77.9 Å². The van der Waals surface area contributed by atoms with Crippen LogP contribution in [0.1, 0.15) is 70.2 Å². The molecule has 2 heterocycles. The molecule has 48 heavy (non-hydrogen) atoms. The third-order valence-electron chi connectivity index (χ3n) is 7.29. The predicted octanol–water partition coefficient (Wildman–Crippen LogP) is 9.37. The summed E-state index contributed by atoms with van der Waals surface area (Å²) in [4.78, 5) is 26.5. The summed E-state index contributed by atoms with van der Waals surface area (Å²) in [6.45, 7) is 12.0. The average molecular weight is 693 g/mol. The molecular formula is C34H40F8N2O4. The third-order valence-corrected chi connectivity index (χ3v) is 7.29. The molecule has 0 aliphatic carbocycles. The molecule has 0 N–H and O–H groups in total. The molecule has 2 saturated heterocycles. The van der Waals surface area contributed by atoms with Crippen molar-refractivity contribution in [3.8, 4) is 0 Å². The minimum atomic E-state index is -4.62. The van der Waals surface area contributed by atoms with E-state index < -0.39 is 64.1 Å². The van der Waals surface area contributed by atoms with Crippen molar-refractivity contribution >= 4 is 18.3 Å². The van der Waals surface area contributed by atoms with Gasteiger partial charge >= 0.3 is 24.5 Å². The molecule has 2 fully saturated rings. The molecule has 0 atom stereocenters. The third kappa shape index (κ3) is 11.1. The van der Waals surface area contributed by atoms with Gasteiger partial charge in [-0.05, 0) is 84.6 Å². The van der Waals surface area contributed by atoms with Crippen molar-refractivity contribution in [3.05, 3.63) is 76.4 Å². The van der Waals surface area contributed by atoms with E-state index in [2.05, 4.69) is 0 Å². The van der Waals surface area contributed by atoms with Crippen LogP contribution in [-0.4, -0.2) is 59.4 Å². The van der Waals surface area contributed by atoms with Crippen LogP contribution in [-0.2, 0) is 28.2 Å². The molecule has 2 aliphatic rings. The second kappa shape index (κ2) is 14.7. The number of halogens is 8. The number of amides is 2. The standard InChI is InChI=1S/C17H21F4NO2.C17H19F4NO2/c2*1-16(2,3)24-15(23)22-9-11(10-22)7-8-12-13(17(19,20)21)5-4-6-14(12)18/h4-6,11H,7-10H2,1-3H3;4-8,11H,9-10H2,1-3H3/b;8-7+. The Morgan fingerprint density at radius 1 is 0.729 bits per heavy atom. The lowest BCUT2D eigenvalue weighted by Crippen LogP contribution is -2.51. The molecular weight excluding hydrogens is 652 g/mol. The number of carbonyl (C=O) groups is 2. The van der Waals surface area contributed by atoms with Crippen LogP contribution in [0.15, 0.2) is 42.5 Å². The Kier molecular flexibility index (Phi) is 11.8. The fourth-order valence-electron chi connectivity index (χ4n) is 4.95. The number of hydrogen-bond acceptors (Lipinski definition) is 4. The predicted molar refractivity (Wildman–Crippen MR) is 163 cm³/mol. The first-order valence-corrected chi connectivity index (χ1v) is 15.3. The summed E-state index contributed by atoms with van der Waals surface area (Å²) >= 11 is 0. The Balaban J connectivity index is 0.000000260. The van der Waals surface area contributed by atoms with Gasteiger partial charge in [0.25, 0.3) is 0 Å². The zero-order valence-corrected chi connectivity index (χ0v) is 27.6. The van der Waals surface area contributed by atoms with E-state index in [1.54, 1.807) is 41.5 Å². The highest BCUT2D eigenvalue weighted by Gasteiger charge is 2.37. The Hall–Kier alpha value is -3.84. The lowest BCUT2D eigenvalue weighted by atomic mass is 9.91. The first-order chi connectivity index (χ1) is 21.9. The van der Waals surface area contributed by atoms with Crippen LogP contribution in [0, 0.1) is 23.5 Å². The molecule has 6 nitrogen and oxygen atoms in total. The largest absolute Gasteiger partial charge is 0.444 e. The number of nitrogens with zero attached hydrogens (tertiary/aromatic N) is 2. The molecule has 2 aromatic carbocycles. The van der Waals surface area contributed by atoms with E-state index >= 15 is 0 Å². The van der Waals surface area contributed by atoms with Gasteiger partial charge in [-0.15, -0.1) is 0 Å². The summed E-state index contributed by atoms with van der Waals surface area (Å²) in [6.07, 6.45) is -7.07. The van der Waals surface area contributed by atoms with Crippen LogP contribution in [0.25, 0.3) is 6.08 Å². The molecule has 14 heteroatoms. The van der Waals surface area contributed by atoms with Crippen LogP contribution in [0.3, 0.4) is 0 Å². The van der Waals surface area contributed by atoms with Gasteiger partial charge in [0.05, 0.1) is 11.1 Å². The van der Waals surface area contributed by atoms with Crippen LogP contribution < -0.4 is 0 Å². The lowest BCUT2D eigenvalue weighted by molar-refractivity contribution is -0.139. The monoisotopic (exact) mass is 692 g/mol. The Bertz CT molecular complexity index is 1460. The number of alkyl halides is 6. The van der Waals surface area contributed by atoms with E-state index in [0.29, 0.717) is 32.6 Å². The first kappa shape index (κ1) is 38.6. The molecule has 4 rings (SSSR count). The smallest absolute Gasteiger partial charge is 0.417 e. The minimum absolute atomic E-state index is 0.00561. The zero-order chi connectivity index (χ0) is 36.2. The fraction of sp³-hybridized carbons (Fsp3) is 0.529. The van der Waals surface area contributed by atoms with E-state index in [0.717, 1.165) is 42.5 Å². The Labute approximate surface area is 274 Å². The van der Waals surface area contributed by atoms with Gasteiger partial charge in [0.2, 0.25) is 0 Å². The summed E-state index contributed by atoms with van der Waals surface area (Å²) in [7, 11) is 0. The van der Waals surface area contributed by atoms with Gasteiger partial charge in [-0.2, -0.15) is 26.3 Å². The number of benzene rings is 2. The summed E-state index contributed by atoms with van der Waals surface area (Å²) in [6, 6.07) is 5.86. The maximum atomic E-state index is 13.8. The molecule has 2 amide bonds. The molecule has 0 spiro atoms. The average Bonchev–Trinajstić information content (AvgIpc) is 2.85. The van der Waals surface area contributed by atoms with Gasteiger partial charge in [-0.3, -0.25) is 0 Å². The number of ether oxygens (including phenoxy) is 2. The highest BCUT2D eigenvalue weighted by atomic mass is 19.4. The summed E-state index contributed by atoms with van der Waals surface area (Å²) in [5, 5.41) is 0. The minimum Gasteiger partial charge on any atom is -0.444 e. The van der Waals surface area contributed by atoms with E-state index in [1.165, 1.54) is 15.9 Å². The fourth-order valence-corrected chi connectivity index (χ4v) is 4.95. The number of likely N-dealkylation sites (tertiary alicyclic amines) is 2. The van der Waals surface area contributed by atoms with Crippen molar-refractivity contribution in [1.29, 1.82) is 0 Å². The number of hydrogen-bond donors (Lipinski definition) is 0. The van der Waals surface area contributed by atoms with Crippen LogP contribution in [0.2, 0.25) is 0 Å². The molecule has 2 aliphatic heterocycles. The second-order valence-electron chi connectivity index (χ2n) is 13.8. The molecule has 0 aromatic heterocycles. The lowest BCUT2D eigenvalue weighted by Gasteiger charge is -2.40. The van der Waals surface area contributed by atoms with Gasteiger partial charge in [0.15, 0.2) is 0 Å². The molecule has 2 aromatic rings. The summed E-state index contributed by atoms with van der Waals surface area (Å²) in [5.74, 6) is -1.84. The van der Waals surface area contributed by atoms with Crippen molar-refractivity contribution in [2.75, 3.05) is 26.2 Å². The summed E-state index contributed by atoms with van der Waals surface area (Å²) < 4.78 is 115. The maximum absolute atomic E-state index is 13.8. The van der Waals surface area contributed by atoms with E-state index in [-0.39, 0.29) is 23.8 Å². The Morgan fingerprint density at radius 2 is 1.19 bits per heavy atom. The maximum Gasteiger partial charge on any atom is 0.417 e. The van der Waals surface area contributed by atoms with Crippen LogP contribution in [0.5, 0.6) is 0 Å². The normalized spacial score (nSPS) is 16.2. The number of carbonyl (C=O) groups excluding carboxylic acids is 2. The Morgan fingerprint density at radius 3 is 1.67 bits per heavy atom. The van der Waals surface area contributed by atoms with E-state index in [9.17, 15) is 44.7 Å². The second-order valence-corrected chi connectivity index (χ2v) is 13.8. The molecule has 0 radical (unpaired) electrons. The highest BCUT2D eigenvalue weighted by Crippen LogP contribution is 2.36. The van der Waals surface area contributed by atoms with Crippen molar-refractivity contribution in [1.82, 2.24) is 9.80 Å². The van der Waals surface area contributed by atoms with E-state index in [4.69, 9.17) is 9.47 Å². The van der Waals surface area contributed by atoms with Crippen molar-refractivity contribution in [3.63, 3.8) is 0 Å². The van der Waals surface area contributed by atoms with Crippen molar-refractivity contribution < 1.29 is 54.2 Å². The first-order valence-electron chi connectivity index (χ1n) is 15.3. The molecule has 0 saturated carbocycles.